The fraction of sp³-hybridized carbons (Fsp3) is 0.333. The van der Waals surface area contributed by atoms with E-state index in [0.29, 0.717) is 18.0 Å². The largest absolute Gasteiger partial charge is 0.335 e. The highest BCUT2D eigenvalue weighted by atomic mass is 19.1. The Morgan fingerprint density at radius 1 is 1.03 bits per heavy atom. The predicted molar refractivity (Wildman–Crippen MR) is 123 cm³/mol. The normalized spacial score (nSPS) is 23.2. The molecule has 0 radical (unpaired) electrons. The summed E-state index contributed by atoms with van der Waals surface area (Å²) >= 11 is 0. The van der Waals surface area contributed by atoms with Crippen LogP contribution in [0, 0.1) is 18.7 Å². The van der Waals surface area contributed by atoms with Crippen LogP contribution in [0.1, 0.15) is 39.4 Å². The van der Waals surface area contributed by atoms with Gasteiger partial charge in [0.1, 0.15) is 5.82 Å². The molecule has 0 unspecified atom stereocenters. The summed E-state index contributed by atoms with van der Waals surface area (Å²) in [5.74, 6) is 0.368. The van der Waals surface area contributed by atoms with Crippen LogP contribution in [0.2, 0.25) is 0 Å². The number of likely N-dealkylation sites (tertiary alicyclic amines) is 2. The third-order valence-corrected chi connectivity index (χ3v) is 7.16. The van der Waals surface area contributed by atoms with E-state index in [9.17, 15) is 9.18 Å². The Hall–Kier alpha value is -3.05. The molecular weight excluding hydrogens is 401 g/mol. The molecule has 3 aromatic rings. The lowest BCUT2D eigenvalue weighted by molar-refractivity contribution is 0.0613. The van der Waals surface area contributed by atoms with Crippen molar-refractivity contribution in [3.8, 4) is 0 Å². The molecule has 2 fully saturated rings. The van der Waals surface area contributed by atoms with Crippen molar-refractivity contribution in [1.29, 1.82) is 0 Å². The maximum absolute atomic E-state index is 13.6. The summed E-state index contributed by atoms with van der Waals surface area (Å²) in [6, 6.07) is 19.1. The second kappa shape index (κ2) is 8.83. The Morgan fingerprint density at radius 2 is 1.78 bits per heavy atom. The number of carbonyl (C=O) groups excluding carboxylic acids is 1. The fourth-order valence-corrected chi connectivity index (χ4v) is 5.43. The predicted octanol–water partition coefficient (Wildman–Crippen LogP) is 4.66. The van der Waals surface area contributed by atoms with Crippen molar-refractivity contribution in [3.05, 3.63) is 101 Å². The van der Waals surface area contributed by atoms with Gasteiger partial charge in [0.25, 0.3) is 5.91 Å². The Balaban J connectivity index is 1.42. The summed E-state index contributed by atoms with van der Waals surface area (Å²) in [5, 5.41) is 0. The van der Waals surface area contributed by atoms with Crippen molar-refractivity contribution >= 4 is 5.91 Å². The van der Waals surface area contributed by atoms with Crippen LogP contribution in [0.5, 0.6) is 0 Å². The summed E-state index contributed by atoms with van der Waals surface area (Å²) in [6.07, 6.45) is 4.29. The molecule has 2 aliphatic heterocycles. The van der Waals surface area contributed by atoms with Gasteiger partial charge in [0, 0.05) is 62.0 Å². The minimum absolute atomic E-state index is 0.0689. The van der Waals surface area contributed by atoms with Gasteiger partial charge in [0.2, 0.25) is 0 Å². The number of rotatable bonds is 4. The molecule has 5 heteroatoms. The topological polar surface area (TPSA) is 36.4 Å². The van der Waals surface area contributed by atoms with Gasteiger partial charge in [-0.2, -0.15) is 0 Å². The zero-order valence-electron chi connectivity index (χ0n) is 18.3. The first kappa shape index (κ1) is 20.8. The molecule has 3 heterocycles. The highest BCUT2D eigenvalue weighted by Gasteiger charge is 2.47. The number of halogens is 1. The Bertz CT molecular complexity index is 1090. The average Bonchev–Trinajstić information content (AvgIpc) is 3.20. The molecule has 1 amide bonds. The minimum Gasteiger partial charge on any atom is -0.335 e. The molecule has 2 aromatic carbocycles. The molecule has 2 aliphatic rings. The van der Waals surface area contributed by atoms with E-state index in [0.717, 1.165) is 31.6 Å². The lowest BCUT2D eigenvalue weighted by Crippen LogP contribution is -2.47. The van der Waals surface area contributed by atoms with Crippen LogP contribution in [0.25, 0.3) is 0 Å². The number of fused-ring (bicyclic) bond motifs is 1. The molecule has 1 aromatic heterocycles. The SMILES string of the molecule is Cc1ccccc1CN1CC[C@H]2[C@@H](C1)[C@H](c1ccc(F)cc1)CN2C(=O)c1ccncc1. The number of benzene rings is 2. The number of amides is 1. The highest BCUT2D eigenvalue weighted by molar-refractivity contribution is 5.94. The van der Waals surface area contributed by atoms with Crippen LogP contribution in [0.3, 0.4) is 0 Å². The van der Waals surface area contributed by atoms with Crippen molar-refractivity contribution in [2.45, 2.75) is 31.8 Å². The first-order chi connectivity index (χ1) is 15.6. The molecule has 164 valence electrons. The van der Waals surface area contributed by atoms with Crippen molar-refractivity contribution in [1.82, 2.24) is 14.8 Å². The van der Waals surface area contributed by atoms with E-state index in [1.807, 2.05) is 12.1 Å². The molecule has 0 bridgehead atoms. The van der Waals surface area contributed by atoms with Gasteiger partial charge >= 0.3 is 0 Å². The average molecular weight is 430 g/mol. The molecule has 2 saturated heterocycles. The lowest BCUT2D eigenvalue weighted by atomic mass is 9.81. The highest BCUT2D eigenvalue weighted by Crippen LogP contribution is 2.42. The number of nitrogens with zero attached hydrogens (tertiary/aromatic N) is 3. The van der Waals surface area contributed by atoms with Gasteiger partial charge in [-0.25, -0.2) is 4.39 Å². The minimum atomic E-state index is -0.224. The number of piperidine rings is 1. The molecule has 32 heavy (non-hydrogen) atoms. The third kappa shape index (κ3) is 4.05. The Morgan fingerprint density at radius 3 is 2.53 bits per heavy atom. The smallest absolute Gasteiger partial charge is 0.254 e. The van der Waals surface area contributed by atoms with E-state index in [1.165, 1.54) is 23.3 Å². The van der Waals surface area contributed by atoms with Crippen LogP contribution in [-0.4, -0.2) is 46.4 Å². The van der Waals surface area contributed by atoms with Gasteiger partial charge in [-0.15, -0.1) is 0 Å². The molecule has 5 rings (SSSR count). The Kier molecular flexibility index (Phi) is 5.75. The maximum Gasteiger partial charge on any atom is 0.254 e. The molecular formula is C27H28FN3O. The summed E-state index contributed by atoms with van der Waals surface area (Å²) < 4.78 is 13.6. The van der Waals surface area contributed by atoms with Crippen LogP contribution in [0.4, 0.5) is 4.39 Å². The molecule has 4 nitrogen and oxygen atoms in total. The van der Waals surface area contributed by atoms with Crippen LogP contribution in [0.15, 0.2) is 73.1 Å². The van der Waals surface area contributed by atoms with Gasteiger partial charge < -0.3 is 4.90 Å². The summed E-state index contributed by atoms with van der Waals surface area (Å²) in [7, 11) is 0. The monoisotopic (exact) mass is 429 g/mol. The first-order valence-electron chi connectivity index (χ1n) is 11.3. The first-order valence-corrected chi connectivity index (χ1v) is 11.3. The third-order valence-electron chi connectivity index (χ3n) is 7.16. The van der Waals surface area contributed by atoms with Gasteiger partial charge in [-0.05, 0) is 54.3 Å². The number of carbonyl (C=O) groups is 1. The second-order valence-corrected chi connectivity index (χ2v) is 9.03. The zero-order valence-corrected chi connectivity index (χ0v) is 18.3. The number of aryl methyl sites for hydroxylation is 1. The number of pyridine rings is 1. The maximum atomic E-state index is 13.6. The van der Waals surface area contributed by atoms with E-state index >= 15 is 0 Å². The van der Waals surface area contributed by atoms with Crippen LogP contribution < -0.4 is 0 Å². The van der Waals surface area contributed by atoms with Crippen molar-refractivity contribution < 1.29 is 9.18 Å². The van der Waals surface area contributed by atoms with E-state index in [-0.39, 0.29) is 23.7 Å². The van der Waals surface area contributed by atoms with Crippen molar-refractivity contribution in [2.24, 2.45) is 5.92 Å². The number of hydrogen-bond acceptors (Lipinski definition) is 3. The van der Waals surface area contributed by atoms with Gasteiger partial charge in [-0.3, -0.25) is 14.7 Å². The molecule has 3 atom stereocenters. The number of aromatic nitrogens is 1. The van der Waals surface area contributed by atoms with Crippen LogP contribution >= 0.6 is 0 Å². The second-order valence-electron chi connectivity index (χ2n) is 9.03. The van der Waals surface area contributed by atoms with Gasteiger partial charge in [0.05, 0.1) is 0 Å². The van der Waals surface area contributed by atoms with E-state index in [4.69, 9.17) is 0 Å². The van der Waals surface area contributed by atoms with Crippen molar-refractivity contribution in [3.63, 3.8) is 0 Å². The van der Waals surface area contributed by atoms with E-state index < -0.39 is 0 Å². The molecule has 0 aliphatic carbocycles. The van der Waals surface area contributed by atoms with Gasteiger partial charge in [0.15, 0.2) is 0 Å². The van der Waals surface area contributed by atoms with Crippen molar-refractivity contribution in [2.75, 3.05) is 19.6 Å². The summed E-state index contributed by atoms with van der Waals surface area (Å²) in [6.45, 7) is 5.64. The fourth-order valence-electron chi connectivity index (χ4n) is 5.43. The van der Waals surface area contributed by atoms with E-state index in [1.54, 1.807) is 24.5 Å². The zero-order chi connectivity index (χ0) is 22.1. The lowest BCUT2D eigenvalue weighted by Gasteiger charge is -2.39. The molecule has 0 spiro atoms. The van der Waals surface area contributed by atoms with E-state index in [2.05, 4.69) is 46.0 Å². The standard InChI is InChI=1S/C27H28FN3O/c1-19-4-2-3-5-22(19)16-30-15-12-26-25(17-30)24(20-6-8-23(28)9-7-20)18-31(26)27(32)21-10-13-29-14-11-21/h2-11,13-14,24-26H,12,15-18H2,1H3/t24-,25-,26-/m0/s1. The van der Waals surface area contributed by atoms with Crippen LogP contribution in [-0.2, 0) is 6.54 Å². The Labute approximate surface area is 188 Å². The molecule has 0 saturated carbocycles. The summed E-state index contributed by atoms with van der Waals surface area (Å²) in [5.41, 5.74) is 4.46. The van der Waals surface area contributed by atoms with Gasteiger partial charge in [-0.1, -0.05) is 36.4 Å². The number of hydrogen-bond donors (Lipinski definition) is 0. The molecule has 0 N–H and O–H groups in total. The quantitative estimate of drug-likeness (QED) is 0.605. The summed E-state index contributed by atoms with van der Waals surface area (Å²) in [4.78, 5) is 22.0.